The van der Waals surface area contributed by atoms with Crippen LogP contribution >= 0.6 is 0 Å². The van der Waals surface area contributed by atoms with Crippen LogP contribution in [0, 0.1) is 24.1 Å². The van der Waals surface area contributed by atoms with E-state index in [-0.39, 0.29) is 5.82 Å². The van der Waals surface area contributed by atoms with Crippen molar-refractivity contribution in [2.75, 3.05) is 6.61 Å². The standard InChI is InChI=1S/C25H22FNO2/c1-3-28-25-14-19(13-22(16-27)21-8-5-9-23(26)15-21)10-11-24(25)29-17-20-7-4-6-18(2)12-20/h4-15H,3,17H2,1-2H3/b22-13-. The molecule has 0 saturated heterocycles. The minimum Gasteiger partial charge on any atom is -0.490 e. The Bertz CT molecular complexity index is 1070. The van der Waals surface area contributed by atoms with Crippen LogP contribution in [0.5, 0.6) is 11.5 Å². The van der Waals surface area contributed by atoms with Gasteiger partial charge in [-0.3, -0.25) is 0 Å². The fourth-order valence-electron chi connectivity index (χ4n) is 2.97. The van der Waals surface area contributed by atoms with Gasteiger partial charge in [-0.2, -0.15) is 5.26 Å². The normalized spacial score (nSPS) is 11.0. The highest BCUT2D eigenvalue weighted by Gasteiger charge is 2.08. The van der Waals surface area contributed by atoms with E-state index < -0.39 is 0 Å². The van der Waals surface area contributed by atoms with Gasteiger partial charge in [-0.15, -0.1) is 0 Å². The zero-order valence-electron chi connectivity index (χ0n) is 16.5. The largest absolute Gasteiger partial charge is 0.490 e. The lowest BCUT2D eigenvalue weighted by Crippen LogP contribution is -2.00. The smallest absolute Gasteiger partial charge is 0.161 e. The number of aryl methyl sites for hydroxylation is 1. The van der Waals surface area contributed by atoms with E-state index in [1.54, 1.807) is 18.2 Å². The third-order valence-corrected chi connectivity index (χ3v) is 4.31. The minimum atomic E-state index is -0.376. The summed E-state index contributed by atoms with van der Waals surface area (Å²) in [7, 11) is 0. The van der Waals surface area contributed by atoms with Crippen molar-refractivity contribution in [2.45, 2.75) is 20.5 Å². The Hall–Kier alpha value is -3.58. The number of rotatable bonds is 7. The van der Waals surface area contributed by atoms with Gasteiger partial charge in [0.2, 0.25) is 0 Å². The van der Waals surface area contributed by atoms with Crippen LogP contribution in [0.25, 0.3) is 11.6 Å². The minimum absolute atomic E-state index is 0.375. The third-order valence-electron chi connectivity index (χ3n) is 4.31. The number of allylic oxidation sites excluding steroid dienone is 1. The molecule has 29 heavy (non-hydrogen) atoms. The van der Waals surface area contributed by atoms with Gasteiger partial charge in [0.1, 0.15) is 12.4 Å². The Labute approximate surface area is 170 Å². The summed E-state index contributed by atoms with van der Waals surface area (Å²) in [4.78, 5) is 0. The Balaban J connectivity index is 1.85. The van der Waals surface area contributed by atoms with E-state index in [0.717, 1.165) is 11.1 Å². The second-order valence-corrected chi connectivity index (χ2v) is 6.60. The second kappa shape index (κ2) is 9.57. The predicted molar refractivity (Wildman–Crippen MR) is 113 cm³/mol. The zero-order chi connectivity index (χ0) is 20.6. The molecule has 0 radical (unpaired) electrons. The third kappa shape index (κ3) is 5.46. The molecule has 0 aliphatic rings. The highest BCUT2D eigenvalue weighted by Crippen LogP contribution is 2.31. The summed E-state index contributed by atoms with van der Waals surface area (Å²) in [6.07, 6.45) is 1.71. The van der Waals surface area contributed by atoms with Crippen molar-refractivity contribution >= 4 is 11.6 Å². The molecule has 0 aliphatic carbocycles. The van der Waals surface area contributed by atoms with Gasteiger partial charge < -0.3 is 9.47 Å². The molecule has 0 fully saturated rings. The van der Waals surface area contributed by atoms with Gasteiger partial charge in [-0.1, -0.05) is 48.0 Å². The number of hydrogen-bond donors (Lipinski definition) is 0. The van der Waals surface area contributed by atoms with Crippen molar-refractivity contribution in [2.24, 2.45) is 0 Å². The van der Waals surface area contributed by atoms with Gasteiger partial charge in [0.25, 0.3) is 0 Å². The first-order valence-electron chi connectivity index (χ1n) is 9.42. The van der Waals surface area contributed by atoms with Crippen molar-refractivity contribution in [1.29, 1.82) is 5.26 Å². The van der Waals surface area contributed by atoms with Crippen LogP contribution in [0.1, 0.15) is 29.2 Å². The number of halogens is 1. The molecule has 4 heteroatoms. The molecule has 3 rings (SSSR count). The van der Waals surface area contributed by atoms with Crippen molar-refractivity contribution in [3.8, 4) is 17.6 Å². The van der Waals surface area contributed by atoms with Crippen LogP contribution in [0.3, 0.4) is 0 Å². The molecule has 0 N–H and O–H groups in total. The summed E-state index contributed by atoms with van der Waals surface area (Å²) >= 11 is 0. The van der Waals surface area contributed by atoms with Crippen molar-refractivity contribution in [1.82, 2.24) is 0 Å². The van der Waals surface area contributed by atoms with Gasteiger partial charge in [-0.25, -0.2) is 4.39 Å². The van der Waals surface area contributed by atoms with Crippen LogP contribution in [-0.4, -0.2) is 6.61 Å². The molecule has 3 aromatic rings. The van der Waals surface area contributed by atoms with Crippen molar-refractivity contribution < 1.29 is 13.9 Å². The first-order chi connectivity index (χ1) is 14.1. The van der Waals surface area contributed by atoms with Gasteiger partial charge in [-0.05, 0) is 60.9 Å². The molecule has 3 aromatic carbocycles. The molecule has 0 aromatic heterocycles. The molecule has 146 valence electrons. The highest BCUT2D eigenvalue weighted by molar-refractivity contribution is 5.89. The summed E-state index contributed by atoms with van der Waals surface area (Å²) in [6.45, 7) is 4.87. The summed E-state index contributed by atoms with van der Waals surface area (Å²) in [5, 5.41) is 9.49. The van der Waals surface area contributed by atoms with Crippen molar-refractivity contribution in [3.05, 3.63) is 94.8 Å². The van der Waals surface area contributed by atoms with Crippen LogP contribution in [0.2, 0.25) is 0 Å². The fourth-order valence-corrected chi connectivity index (χ4v) is 2.97. The molecule has 0 unspecified atom stereocenters. The van der Waals surface area contributed by atoms with Crippen LogP contribution < -0.4 is 9.47 Å². The molecule has 0 saturated carbocycles. The topological polar surface area (TPSA) is 42.2 Å². The maximum absolute atomic E-state index is 13.5. The van der Waals surface area contributed by atoms with Crippen LogP contribution in [0.15, 0.2) is 66.7 Å². The number of hydrogen-bond acceptors (Lipinski definition) is 3. The summed E-state index contributed by atoms with van der Waals surface area (Å²) in [5.41, 5.74) is 3.94. The first kappa shape index (κ1) is 20.2. The van der Waals surface area contributed by atoms with E-state index in [1.807, 2.05) is 50.2 Å². The van der Waals surface area contributed by atoms with E-state index in [9.17, 15) is 9.65 Å². The summed E-state index contributed by atoms with van der Waals surface area (Å²) in [5.74, 6) is 0.860. The SMILES string of the molecule is CCOc1cc(/C=C(/C#N)c2cccc(F)c2)ccc1OCc1cccc(C)c1. The maximum atomic E-state index is 13.5. The van der Waals surface area contributed by atoms with E-state index in [1.165, 1.54) is 17.7 Å². The van der Waals surface area contributed by atoms with E-state index in [4.69, 9.17) is 9.47 Å². The molecule has 0 amide bonds. The molecular weight excluding hydrogens is 365 g/mol. The Morgan fingerprint density at radius 1 is 1.00 bits per heavy atom. The molecule has 0 spiro atoms. The van der Waals surface area contributed by atoms with E-state index in [0.29, 0.717) is 35.8 Å². The Morgan fingerprint density at radius 3 is 2.55 bits per heavy atom. The fraction of sp³-hybridized carbons (Fsp3) is 0.160. The van der Waals surface area contributed by atoms with Gasteiger partial charge in [0.05, 0.1) is 18.2 Å². The zero-order valence-corrected chi connectivity index (χ0v) is 16.5. The van der Waals surface area contributed by atoms with Gasteiger partial charge in [0.15, 0.2) is 11.5 Å². The lowest BCUT2D eigenvalue weighted by Gasteiger charge is -2.13. The average Bonchev–Trinajstić information content (AvgIpc) is 2.71. The molecule has 0 bridgehead atoms. The molecule has 0 aliphatic heterocycles. The first-order valence-corrected chi connectivity index (χ1v) is 9.42. The lowest BCUT2D eigenvalue weighted by atomic mass is 10.0. The summed E-state index contributed by atoms with van der Waals surface area (Å²) < 4.78 is 25.2. The van der Waals surface area contributed by atoms with Gasteiger partial charge in [0, 0.05) is 0 Å². The summed E-state index contributed by atoms with van der Waals surface area (Å²) in [6, 6.07) is 21.8. The molecular formula is C25H22FNO2. The van der Waals surface area contributed by atoms with E-state index in [2.05, 4.69) is 12.1 Å². The molecule has 3 nitrogen and oxygen atoms in total. The maximum Gasteiger partial charge on any atom is 0.161 e. The average molecular weight is 387 g/mol. The second-order valence-electron chi connectivity index (χ2n) is 6.60. The molecule has 0 atom stereocenters. The van der Waals surface area contributed by atoms with Crippen LogP contribution in [-0.2, 0) is 6.61 Å². The van der Waals surface area contributed by atoms with Gasteiger partial charge >= 0.3 is 0 Å². The monoisotopic (exact) mass is 387 g/mol. The Kier molecular flexibility index (Phi) is 6.65. The highest BCUT2D eigenvalue weighted by atomic mass is 19.1. The number of nitrogens with zero attached hydrogens (tertiary/aromatic N) is 1. The quantitative estimate of drug-likeness (QED) is 0.359. The Morgan fingerprint density at radius 2 is 1.83 bits per heavy atom. The predicted octanol–water partition coefficient (Wildman–Crippen LogP) is 6.18. The number of nitriles is 1. The van der Waals surface area contributed by atoms with Crippen LogP contribution in [0.4, 0.5) is 4.39 Å². The van der Waals surface area contributed by atoms with Crippen molar-refractivity contribution in [3.63, 3.8) is 0 Å². The lowest BCUT2D eigenvalue weighted by molar-refractivity contribution is 0.269. The number of ether oxygens (including phenoxy) is 2. The van der Waals surface area contributed by atoms with E-state index >= 15 is 0 Å². The number of benzene rings is 3. The molecule has 0 heterocycles.